The first kappa shape index (κ1) is 100. The molecule has 0 saturated heterocycles. The Morgan fingerprint density at radius 3 is 0.808 bits per heavy atom. The highest BCUT2D eigenvalue weighted by Gasteiger charge is 2.30. The van der Waals surface area contributed by atoms with Crippen LogP contribution < -0.4 is 0 Å². The van der Waals surface area contributed by atoms with Gasteiger partial charge < -0.3 is 33.8 Å². The van der Waals surface area contributed by atoms with E-state index in [1.807, 2.05) is 12.2 Å². The highest BCUT2D eigenvalue weighted by molar-refractivity contribution is 7.47. The second-order valence-corrected chi connectivity index (χ2v) is 31.0. The molecule has 2 unspecified atom stereocenters. The largest absolute Gasteiger partial charge is 0.472 e. The summed E-state index contributed by atoms with van der Waals surface area (Å²) < 4.78 is 68.6. The lowest BCUT2D eigenvalue weighted by atomic mass is 10.0. The zero-order chi connectivity index (χ0) is 76.0. The molecule has 0 aliphatic rings. The van der Waals surface area contributed by atoms with Gasteiger partial charge in [0, 0.05) is 25.7 Å². The number of phosphoric ester groups is 2. The maximum atomic E-state index is 13.1. The minimum Gasteiger partial charge on any atom is -0.462 e. The molecular weight excluding hydrogens is 1350 g/mol. The topological polar surface area (TPSA) is 237 Å². The highest BCUT2D eigenvalue weighted by Crippen LogP contribution is 2.45. The molecule has 0 fully saturated rings. The summed E-state index contributed by atoms with van der Waals surface area (Å²) in [7, 11) is -9.97. The van der Waals surface area contributed by atoms with Crippen molar-refractivity contribution in [3.05, 3.63) is 85.1 Å². The van der Waals surface area contributed by atoms with Gasteiger partial charge in [0.05, 0.1) is 26.4 Å². The number of esters is 4. The monoisotopic (exact) mass is 1510 g/mol. The molecule has 0 aliphatic carbocycles. The van der Waals surface area contributed by atoms with Gasteiger partial charge in [0.1, 0.15) is 19.3 Å². The van der Waals surface area contributed by atoms with E-state index in [9.17, 15) is 43.2 Å². The van der Waals surface area contributed by atoms with Crippen molar-refractivity contribution in [1.29, 1.82) is 0 Å². The van der Waals surface area contributed by atoms with Gasteiger partial charge in [-0.2, -0.15) is 0 Å². The standard InChI is InChI=1S/C85H152O17P2/c1-5-9-13-17-21-25-29-33-37-38-39-40-44-46-50-54-58-62-66-70-83(88)96-76-81(102-85(90)72-68-64-60-56-52-48-43-36-32-28-24-20-16-12-8-4)78-100-104(93,94)98-74-79(86)73-97-103(91,92)99-77-80(101-84(89)71-67-63-59-55-51-47-42-35-31-27-23-19-15-11-7-3)75-95-82(87)69-65-61-57-53-49-45-41-34-30-26-22-18-14-10-6-2/h21,25,33-35,37,39-42,46,50,58,62,79-81,86H,5-20,22-24,26-32,36,38,43-45,47-49,51-57,59-61,63-78H2,1-4H3,(H,91,92)(H,93,94)/b25-21-,37-33-,40-39-,41-34-,42-35-,50-46-,62-58-/t79-,80+,81+/m0/s1. The Labute approximate surface area is 634 Å². The minimum absolute atomic E-state index is 0.0409. The first-order valence-electron chi connectivity index (χ1n) is 41.8. The summed E-state index contributed by atoms with van der Waals surface area (Å²) >= 11 is 0. The SMILES string of the molecule is CCCCC/C=C\C/C=C\C/C=C\C/C=C\C/C=C\CCC(=O)OC[C@H](COP(=O)(O)OC[C@@H](O)COP(=O)(O)OC[C@@H](COC(=O)CCCCCCC/C=C\CCCCCCCC)OC(=O)CCCCCCC/C=C\CCCCCCCC)OC(=O)CCCCCCCCCCCCCCCCC. The normalized spacial score (nSPS) is 14.3. The lowest BCUT2D eigenvalue weighted by Crippen LogP contribution is -2.30. The molecule has 0 aromatic rings. The molecule has 0 rings (SSSR count). The number of aliphatic hydroxyl groups excluding tert-OH is 1. The van der Waals surface area contributed by atoms with Crippen LogP contribution in [0.25, 0.3) is 0 Å². The summed E-state index contributed by atoms with van der Waals surface area (Å²) in [4.78, 5) is 73.1. The van der Waals surface area contributed by atoms with Gasteiger partial charge in [0.15, 0.2) is 12.2 Å². The van der Waals surface area contributed by atoms with Crippen molar-refractivity contribution in [2.75, 3.05) is 39.6 Å². The molecule has 5 atom stereocenters. The van der Waals surface area contributed by atoms with E-state index in [1.54, 1.807) is 0 Å². The van der Waals surface area contributed by atoms with Crippen LogP contribution in [0.1, 0.15) is 374 Å². The number of phosphoric acid groups is 2. The summed E-state index contributed by atoms with van der Waals surface area (Å²) in [6, 6.07) is 0. The third-order valence-corrected chi connectivity index (χ3v) is 19.7. The molecule has 17 nitrogen and oxygen atoms in total. The zero-order valence-electron chi connectivity index (χ0n) is 66.2. The Morgan fingerprint density at radius 1 is 0.269 bits per heavy atom. The number of rotatable bonds is 79. The van der Waals surface area contributed by atoms with Gasteiger partial charge in [-0.05, 0) is 116 Å². The fourth-order valence-corrected chi connectivity index (χ4v) is 13.0. The molecule has 0 radical (unpaired) electrons. The van der Waals surface area contributed by atoms with Crippen molar-refractivity contribution in [1.82, 2.24) is 0 Å². The Balaban J connectivity index is 5.41. The first-order valence-corrected chi connectivity index (χ1v) is 44.8. The van der Waals surface area contributed by atoms with Crippen molar-refractivity contribution < 1.29 is 80.2 Å². The van der Waals surface area contributed by atoms with Crippen LogP contribution in [0, 0.1) is 0 Å². The molecule has 0 amide bonds. The second-order valence-electron chi connectivity index (χ2n) is 28.1. The average molecular weight is 1510 g/mol. The third-order valence-electron chi connectivity index (χ3n) is 17.8. The number of hydrogen-bond donors (Lipinski definition) is 3. The minimum atomic E-state index is -4.99. The zero-order valence-corrected chi connectivity index (χ0v) is 68.0. The molecule has 104 heavy (non-hydrogen) atoms. The van der Waals surface area contributed by atoms with E-state index >= 15 is 0 Å². The lowest BCUT2D eigenvalue weighted by Gasteiger charge is -2.21. The fraction of sp³-hybridized carbons (Fsp3) is 0.788. The summed E-state index contributed by atoms with van der Waals surface area (Å²) in [6.45, 7) is 4.81. The summed E-state index contributed by atoms with van der Waals surface area (Å²) in [6.07, 6.45) is 81.3. The number of carbonyl (C=O) groups excluding carboxylic acids is 4. The van der Waals surface area contributed by atoms with Crippen molar-refractivity contribution in [3.8, 4) is 0 Å². The van der Waals surface area contributed by atoms with Crippen LogP contribution in [0.3, 0.4) is 0 Å². The van der Waals surface area contributed by atoms with E-state index in [4.69, 9.17) is 37.0 Å². The predicted octanol–water partition coefficient (Wildman–Crippen LogP) is 24.6. The quantitative estimate of drug-likeness (QED) is 0.0169. The molecule has 0 heterocycles. The molecule has 0 saturated carbocycles. The van der Waals surface area contributed by atoms with Gasteiger partial charge in [0.25, 0.3) is 0 Å². The maximum absolute atomic E-state index is 13.1. The molecule has 0 bridgehead atoms. The fourth-order valence-electron chi connectivity index (χ4n) is 11.4. The Morgan fingerprint density at radius 2 is 0.490 bits per heavy atom. The van der Waals surface area contributed by atoms with Crippen LogP contribution in [0.5, 0.6) is 0 Å². The van der Waals surface area contributed by atoms with E-state index in [1.165, 1.54) is 161 Å². The Bertz CT molecular complexity index is 2300. The number of allylic oxidation sites excluding steroid dienone is 14. The van der Waals surface area contributed by atoms with Gasteiger partial charge in [-0.3, -0.25) is 37.3 Å². The summed E-state index contributed by atoms with van der Waals surface area (Å²) in [5, 5.41) is 10.7. The molecule has 0 aromatic heterocycles. The molecule has 0 aliphatic heterocycles. The molecule has 0 spiro atoms. The highest BCUT2D eigenvalue weighted by atomic mass is 31.2. The van der Waals surface area contributed by atoms with Crippen LogP contribution in [-0.4, -0.2) is 96.7 Å². The second kappa shape index (κ2) is 77.4. The van der Waals surface area contributed by atoms with Crippen molar-refractivity contribution in [2.45, 2.75) is 393 Å². The van der Waals surface area contributed by atoms with Gasteiger partial charge >= 0.3 is 39.5 Å². The Kier molecular flexibility index (Phi) is 74.6. The number of hydrogen-bond acceptors (Lipinski definition) is 15. The van der Waals surface area contributed by atoms with Gasteiger partial charge in [-0.25, -0.2) is 9.13 Å². The van der Waals surface area contributed by atoms with Crippen LogP contribution in [0.2, 0.25) is 0 Å². The van der Waals surface area contributed by atoms with Crippen molar-refractivity contribution in [2.24, 2.45) is 0 Å². The van der Waals surface area contributed by atoms with Crippen molar-refractivity contribution >= 4 is 39.5 Å². The number of aliphatic hydroxyl groups is 1. The van der Waals surface area contributed by atoms with E-state index in [0.29, 0.717) is 32.1 Å². The number of carbonyl (C=O) groups is 4. The lowest BCUT2D eigenvalue weighted by molar-refractivity contribution is -0.161. The first-order chi connectivity index (χ1) is 50.7. The van der Waals surface area contributed by atoms with Gasteiger partial charge in [-0.1, -0.05) is 318 Å². The number of ether oxygens (including phenoxy) is 4. The van der Waals surface area contributed by atoms with Gasteiger partial charge in [-0.15, -0.1) is 0 Å². The molecule has 0 aromatic carbocycles. The smallest absolute Gasteiger partial charge is 0.462 e. The van der Waals surface area contributed by atoms with Crippen LogP contribution >= 0.6 is 15.6 Å². The van der Waals surface area contributed by atoms with E-state index in [2.05, 4.69) is 101 Å². The predicted molar refractivity (Wildman–Crippen MR) is 427 cm³/mol. The molecule has 3 N–H and O–H groups in total. The van der Waals surface area contributed by atoms with E-state index < -0.39 is 97.5 Å². The third kappa shape index (κ3) is 76.4. The summed E-state index contributed by atoms with van der Waals surface area (Å²) in [5.74, 6) is -2.26. The van der Waals surface area contributed by atoms with Crippen molar-refractivity contribution in [3.63, 3.8) is 0 Å². The number of unbranched alkanes of at least 4 members (excludes halogenated alkanes) is 39. The van der Waals surface area contributed by atoms with Crippen LogP contribution in [0.15, 0.2) is 85.1 Å². The molecule has 604 valence electrons. The molecular formula is C85H152O17P2. The average Bonchev–Trinajstić information content (AvgIpc) is 0.918. The van der Waals surface area contributed by atoms with Crippen LogP contribution in [0.4, 0.5) is 0 Å². The molecule has 19 heteroatoms. The van der Waals surface area contributed by atoms with Gasteiger partial charge in [0.2, 0.25) is 0 Å². The Hall–Kier alpha value is -3.76. The van der Waals surface area contributed by atoms with E-state index in [0.717, 1.165) is 128 Å². The summed E-state index contributed by atoms with van der Waals surface area (Å²) in [5.41, 5.74) is 0. The van der Waals surface area contributed by atoms with Crippen LogP contribution in [-0.2, 0) is 65.4 Å². The maximum Gasteiger partial charge on any atom is 0.472 e. The van der Waals surface area contributed by atoms with E-state index in [-0.39, 0.29) is 25.7 Å².